The summed E-state index contributed by atoms with van der Waals surface area (Å²) in [6, 6.07) is 7.05. The third-order valence-electron chi connectivity index (χ3n) is 2.92. The predicted octanol–water partition coefficient (Wildman–Crippen LogP) is 4.55. The molecule has 0 spiro atoms. The van der Waals surface area contributed by atoms with Crippen molar-refractivity contribution in [2.75, 3.05) is 11.1 Å². The highest BCUT2D eigenvalue weighted by molar-refractivity contribution is 9.10. The van der Waals surface area contributed by atoms with Gasteiger partial charge >= 0.3 is 0 Å². The van der Waals surface area contributed by atoms with E-state index in [1.807, 2.05) is 0 Å². The molecule has 2 heterocycles. The number of hydrogen-bond acceptors (Lipinski definition) is 4. The summed E-state index contributed by atoms with van der Waals surface area (Å²) in [6.45, 7) is 0. The average molecular weight is 383 g/mol. The van der Waals surface area contributed by atoms with Crippen LogP contribution in [-0.2, 0) is 0 Å². The lowest BCUT2D eigenvalue weighted by molar-refractivity contribution is 0.103. The fourth-order valence-corrected chi connectivity index (χ4v) is 3.62. The summed E-state index contributed by atoms with van der Waals surface area (Å²) in [5.41, 5.74) is 7.04. The first-order valence-corrected chi connectivity index (χ1v) is 7.93. The molecule has 0 saturated heterocycles. The van der Waals surface area contributed by atoms with Gasteiger partial charge in [-0.25, -0.2) is 0 Å². The Labute approximate surface area is 138 Å². The highest BCUT2D eigenvalue weighted by Crippen LogP contribution is 2.34. The van der Waals surface area contributed by atoms with Crippen LogP contribution >= 0.6 is 38.9 Å². The molecule has 0 fully saturated rings. The topological polar surface area (TPSA) is 68.0 Å². The van der Waals surface area contributed by atoms with E-state index < -0.39 is 0 Å². The van der Waals surface area contributed by atoms with Crippen LogP contribution < -0.4 is 11.1 Å². The van der Waals surface area contributed by atoms with Gasteiger partial charge in [0.05, 0.1) is 21.1 Å². The lowest BCUT2D eigenvalue weighted by Gasteiger charge is -2.06. The number of anilines is 2. The molecule has 2 aromatic heterocycles. The Morgan fingerprint density at radius 1 is 1.38 bits per heavy atom. The second kappa shape index (κ2) is 5.63. The molecule has 3 aromatic rings. The second-order valence-electron chi connectivity index (χ2n) is 4.29. The molecular weight excluding hydrogens is 374 g/mol. The molecule has 0 unspecified atom stereocenters. The fraction of sp³-hybridized carbons (Fsp3) is 0. The van der Waals surface area contributed by atoms with Crippen molar-refractivity contribution in [2.45, 2.75) is 0 Å². The number of aromatic nitrogens is 1. The number of fused-ring (bicyclic) bond motifs is 1. The van der Waals surface area contributed by atoms with Gasteiger partial charge in [-0.15, -0.1) is 11.3 Å². The van der Waals surface area contributed by atoms with Gasteiger partial charge in [0.1, 0.15) is 4.88 Å². The van der Waals surface area contributed by atoms with Gasteiger partial charge in [0.25, 0.3) is 5.91 Å². The zero-order valence-corrected chi connectivity index (χ0v) is 13.7. The summed E-state index contributed by atoms with van der Waals surface area (Å²) in [5.74, 6) is -0.280. The van der Waals surface area contributed by atoms with Gasteiger partial charge in [0, 0.05) is 22.3 Å². The van der Waals surface area contributed by atoms with E-state index >= 15 is 0 Å². The van der Waals surface area contributed by atoms with E-state index in [2.05, 4.69) is 26.2 Å². The lowest BCUT2D eigenvalue weighted by Crippen LogP contribution is -2.12. The van der Waals surface area contributed by atoms with E-state index in [0.717, 1.165) is 14.6 Å². The first-order chi connectivity index (χ1) is 10.1. The van der Waals surface area contributed by atoms with Crippen LogP contribution in [0.15, 0.2) is 41.1 Å². The molecule has 1 amide bonds. The number of nitrogens with one attached hydrogen (secondary N) is 1. The Balaban J connectivity index is 1.95. The Kier molecular flexibility index (Phi) is 3.84. The van der Waals surface area contributed by atoms with Crippen LogP contribution in [-0.4, -0.2) is 10.9 Å². The van der Waals surface area contributed by atoms with E-state index in [0.29, 0.717) is 21.3 Å². The number of carbonyl (C=O) groups excluding carboxylic acids is 1. The second-order valence-corrected chi connectivity index (χ2v) is 6.67. The third kappa shape index (κ3) is 2.74. The summed E-state index contributed by atoms with van der Waals surface area (Å²) >= 11 is 10.7. The van der Waals surface area contributed by atoms with Crippen molar-refractivity contribution >= 4 is 66.2 Å². The van der Waals surface area contributed by atoms with Crippen molar-refractivity contribution in [3.63, 3.8) is 0 Å². The van der Waals surface area contributed by atoms with Crippen LogP contribution in [0.25, 0.3) is 10.1 Å². The Hall–Kier alpha value is -1.63. The van der Waals surface area contributed by atoms with Gasteiger partial charge in [-0.1, -0.05) is 27.5 Å². The molecule has 0 aliphatic heterocycles. The number of nitrogens with two attached hydrogens (primary N) is 1. The number of thiophene rings is 1. The molecule has 3 N–H and O–H groups in total. The van der Waals surface area contributed by atoms with Crippen molar-refractivity contribution in [2.24, 2.45) is 0 Å². The van der Waals surface area contributed by atoms with E-state index in [4.69, 9.17) is 17.3 Å². The smallest absolute Gasteiger partial charge is 0.267 e. The molecule has 3 rings (SSSR count). The van der Waals surface area contributed by atoms with E-state index in [9.17, 15) is 4.79 Å². The summed E-state index contributed by atoms with van der Waals surface area (Å²) in [6.07, 6.45) is 3.35. The molecule has 106 valence electrons. The number of nitrogens with zero attached hydrogens (tertiary/aromatic N) is 1. The Morgan fingerprint density at radius 3 is 2.90 bits per heavy atom. The van der Waals surface area contributed by atoms with Crippen LogP contribution in [0, 0.1) is 0 Å². The number of amides is 1. The number of benzene rings is 1. The van der Waals surface area contributed by atoms with Crippen molar-refractivity contribution in [1.82, 2.24) is 4.98 Å². The molecule has 0 aliphatic rings. The molecule has 0 bridgehead atoms. The molecule has 1 aromatic carbocycles. The maximum atomic E-state index is 12.4. The maximum Gasteiger partial charge on any atom is 0.267 e. The summed E-state index contributed by atoms with van der Waals surface area (Å²) in [7, 11) is 0. The monoisotopic (exact) mass is 381 g/mol. The predicted molar refractivity (Wildman–Crippen MR) is 91.1 cm³/mol. The number of nitrogen functional groups attached to an aromatic ring is 1. The average Bonchev–Trinajstić information content (AvgIpc) is 2.80. The van der Waals surface area contributed by atoms with Crippen molar-refractivity contribution in [1.29, 1.82) is 0 Å². The van der Waals surface area contributed by atoms with E-state index in [1.54, 1.807) is 36.7 Å². The van der Waals surface area contributed by atoms with Crippen LogP contribution in [0.1, 0.15) is 9.67 Å². The zero-order chi connectivity index (χ0) is 15.0. The van der Waals surface area contributed by atoms with Crippen molar-refractivity contribution in [3.05, 3.63) is 51.0 Å². The summed E-state index contributed by atoms with van der Waals surface area (Å²) in [4.78, 5) is 16.9. The maximum absolute atomic E-state index is 12.4. The van der Waals surface area contributed by atoms with Gasteiger partial charge in [-0.05, 0) is 24.3 Å². The number of halogens is 2. The van der Waals surface area contributed by atoms with Crippen molar-refractivity contribution < 1.29 is 4.79 Å². The number of pyridine rings is 1. The zero-order valence-electron chi connectivity index (χ0n) is 10.6. The number of rotatable bonds is 2. The van der Waals surface area contributed by atoms with Crippen molar-refractivity contribution in [3.8, 4) is 0 Å². The Bertz CT molecular complexity index is 849. The largest absolute Gasteiger partial charge is 0.397 e. The molecule has 7 heteroatoms. The molecule has 0 radical (unpaired) electrons. The van der Waals surface area contributed by atoms with E-state index in [1.165, 1.54) is 11.3 Å². The van der Waals surface area contributed by atoms with Crippen LogP contribution in [0.2, 0.25) is 5.02 Å². The van der Waals surface area contributed by atoms with Gasteiger partial charge < -0.3 is 11.1 Å². The summed E-state index contributed by atoms with van der Waals surface area (Å²) in [5, 5.41) is 4.07. The highest BCUT2D eigenvalue weighted by atomic mass is 79.9. The molecule has 4 nitrogen and oxygen atoms in total. The molecule has 0 atom stereocenters. The van der Waals surface area contributed by atoms with Gasteiger partial charge in [0.15, 0.2) is 0 Å². The quantitative estimate of drug-likeness (QED) is 0.683. The molecule has 21 heavy (non-hydrogen) atoms. The minimum atomic E-state index is -0.280. The highest BCUT2D eigenvalue weighted by Gasteiger charge is 2.17. The summed E-state index contributed by atoms with van der Waals surface area (Å²) < 4.78 is 1.72. The number of hydrogen-bond donors (Lipinski definition) is 2. The minimum Gasteiger partial charge on any atom is -0.397 e. The molecule has 0 aliphatic carbocycles. The third-order valence-corrected chi connectivity index (χ3v) is 4.88. The fourth-order valence-electron chi connectivity index (χ4n) is 1.91. The van der Waals surface area contributed by atoms with Crippen LogP contribution in [0.4, 0.5) is 11.4 Å². The first-order valence-electron chi connectivity index (χ1n) is 5.94. The Morgan fingerprint density at radius 2 is 2.19 bits per heavy atom. The normalized spacial score (nSPS) is 10.8. The van der Waals surface area contributed by atoms with Gasteiger partial charge in [-0.2, -0.15) is 0 Å². The first kappa shape index (κ1) is 14.3. The number of carbonyl (C=O) groups is 1. The van der Waals surface area contributed by atoms with Gasteiger partial charge in [0.2, 0.25) is 0 Å². The van der Waals surface area contributed by atoms with Crippen LogP contribution in [0.5, 0.6) is 0 Å². The SMILES string of the molecule is Nc1c(C(=O)Nc2ccc(Br)cc2Cl)sc2cnccc12. The van der Waals surface area contributed by atoms with E-state index in [-0.39, 0.29) is 5.91 Å². The lowest BCUT2D eigenvalue weighted by atomic mass is 10.2. The molecular formula is C14H9BrClN3OS. The van der Waals surface area contributed by atoms with Gasteiger partial charge in [-0.3, -0.25) is 9.78 Å². The standard InChI is InChI=1S/C14H9BrClN3OS/c15-7-1-2-10(9(16)5-7)19-14(20)13-12(17)8-3-4-18-6-11(8)21-13/h1-6H,17H2,(H,19,20). The molecule has 0 saturated carbocycles. The minimum absolute atomic E-state index is 0.280. The van der Waals surface area contributed by atoms with Crippen LogP contribution in [0.3, 0.4) is 0 Å².